The SMILES string of the molecule is Cc1scc2nc(C(=O)NCc3ccc(OC(C)C)cc3)nc(N3CCOCC3)c12. The largest absolute Gasteiger partial charge is 0.491 e. The number of morpholine rings is 1. The second kappa shape index (κ2) is 8.97. The van der Waals surface area contributed by atoms with Gasteiger partial charge in [-0.25, -0.2) is 9.97 Å². The number of hydrogen-bond acceptors (Lipinski definition) is 7. The molecule has 4 rings (SSSR count). The summed E-state index contributed by atoms with van der Waals surface area (Å²) in [6, 6.07) is 7.72. The number of benzene rings is 1. The summed E-state index contributed by atoms with van der Waals surface area (Å²) in [5, 5.41) is 5.95. The summed E-state index contributed by atoms with van der Waals surface area (Å²) in [5.74, 6) is 1.55. The molecule has 1 amide bonds. The zero-order chi connectivity index (χ0) is 21.1. The third kappa shape index (κ3) is 4.55. The lowest BCUT2D eigenvalue weighted by molar-refractivity contribution is 0.0940. The van der Waals surface area contributed by atoms with Crippen molar-refractivity contribution in [1.29, 1.82) is 0 Å². The number of hydrogen-bond donors (Lipinski definition) is 1. The van der Waals surface area contributed by atoms with Crippen molar-refractivity contribution in [2.75, 3.05) is 31.2 Å². The minimum atomic E-state index is -0.280. The Kier molecular flexibility index (Phi) is 6.15. The molecule has 30 heavy (non-hydrogen) atoms. The van der Waals surface area contributed by atoms with E-state index < -0.39 is 0 Å². The minimum Gasteiger partial charge on any atom is -0.491 e. The van der Waals surface area contributed by atoms with E-state index in [1.54, 1.807) is 11.3 Å². The second-order valence-corrected chi connectivity index (χ2v) is 8.60. The van der Waals surface area contributed by atoms with Gasteiger partial charge in [-0.05, 0) is 38.5 Å². The molecule has 158 valence electrons. The number of aromatic nitrogens is 2. The Balaban J connectivity index is 1.51. The molecule has 7 nitrogen and oxygen atoms in total. The van der Waals surface area contributed by atoms with Crippen molar-refractivity contribution >= 4 is 34.0 Å². The van der Waals surface area contributed by atoms with Crippen molar-refractivity contribution in [3.05, 3.63) is 45.9 Å². The highest BCUT2D eigenvalue weighted by Crippen LogP contribution is 2.31. The smallest absolute Gasteiger partial charge is 0.289 e. The van der Waals surface area contributed by atoms with Crippen LogP contribution in [-0.4, -0.2) is 48.3 Å². The standard InChI is InChI=1S/C22H26N4O3S/c1-14(2)29-17-6-4-16(5-7-17)12-23-22(27)20-24-18-13-30-15(3)19(18)21(25-20)26-8-10-28-11-9-26/h4-7,13-14H,8-12H2,1-3H3,(H,23,27). The Morgan fingerprint density at radius 2 is 1.97 bits per heavy atom. The van der Waals surface area contributed by atoms with Gasteiger partial charge in [-0.15, -0.1) is 11.3 Å². The van der Waals surface area contributed by atoms with Gasteiger partial charge in [0, 0.05) is 29.9 Å². The number of ether oxygens (including phenoxy) is 2. The monoisotopic (exact) mass is 426 g/mol. The molecule has 8 heteroatoms. The Bertz CT molecular complexity index is 1030. The van der Waals surface area contributed by atoms with Crippen LogP contribution in [0.4, 0.5) is 5.82 Å². The van der Waals surface area contributed by atoms with E-state index >= 15 is 0 Å². The number of fused-ring (bicyclic) bond motifs is 1. The molecule has 1 fully saturated rings. The average molecular weight is 427 g/mol. The molecule has 0 radical (unpaired) electrons. The van der Waals surface area contributed by atoms with E-state index in [0.717, 1.165) is 46.0 Å². The van der Waals surface area contributed by atoms with Gasteiger partial charge in [0.15, 0.2) is 0 Å². The third-order valence-electron chi connectivity index (χ3n) is 4.88. The number of amides is 1. The van der Waals surface area contributed by atoms with Crippen LogP contribution in [-0.2, 0) is 11.3 Å². The average Bonchev–Trinajstić information content (AvgIpc) is 3.13. The summed E-state index contributed by atoms with van der Waals surface area (Å²) >= 11 is 1.63. The molecule has 3 heterocycles. The molecule has 0 spiro atoms. The zero-order valence-electron chi connectivity index (χ0n) is 17.5. The van der Waals surface area contributed by atoms with Gasteiger partial charge in [-0.3, -0.25) is 4.79 Å². The Morgan fingerprint density at radius 1 is 1.23 bits per heavy atom. The number of nitrogens with one attached hydrogen (secondary N) is 1. The number of carbonyl (C=O) groups is 1. The van der Waals surface area contributed by atoms with Crippen LogP contribution in [0.3, 0.4) is 0 Å². The van der Waals surface area contributed by atoms with Crippen LogP contribution in [0.15, 0.2) is 29.6 Å². The molecule has 0 unspecified atom stereocenters. The molecule has 1 saturated heterocycles. The van der Waals surface area contributed by atoms with Crippen LogP contribution in [0.2, 0.25) is 0 Å². The van der Waals surface area contributed by atoms with Gasteiger partial charge in [0.2, 0.25) is 5.82 Å². The maximum atomic E-state index is 12.8. The lowest BCUT2D eigenvalue weighted by atomic mass is 10.2. The predicted molar refractivity (Wildman–Crippen MR) is 119 cm³/mol. The van der Waals surface area contributed by atoms with Crippen molar-refractivity contribution in [2.45, 2.75) is 33.4 Å². The first-order valence-electron chi connectivity index (χ1n) is 10.1. The Labute approximate surface area is 180 Å². The quantitative estimate of drug-likeness (QED) is 0.650. The van der Waals surface area contributed by atoms with Crippen LogP contribution in [0.25, 0.3) is 10.9 Å². The molecule has 2 aromatic heterocycles. The second-order valence-electron chi connectivity index (χ2n) is 7.52. The van der Waals surface area contributed by atoms with Crippen LogP contribution in [0.5, 0.6) is 5.75 Å². The molecule has 1 aromatic carbocycles. The fraction of sp³-hybridized carbons (Fsp3) is 0.409. The predicted octanol–water partition coefficient (Wildman–Crippen LogP) is 3.55. The maximum absolute atomic E-state index is 12.8. The Hall–Kier alpha value is -2.71. The molecule has 1 aliphatic rings. The van der Waals surface area contributed by atoms with Gasteiger partial charge >= 0.3 is 0 Å². The molecule has 1 N–H and O–H groups in total. The van der Waals surface area contributed by atoms with Crippen LogP contribution in [0, 0.1) is 6.92 Å². The highest BCUT2D eigenvalue weighted by Gasteiger charge is 2.21. The number of rotatable bonds is 6. The number of thiophene rings is 1. The first-order valence-corrected chi connectivity index (χ1v) is 11.0. The van der Waals surface area contributed by atoms with Crippen molar-refractivity contribution in [3.63, 3.8) is 0 Å². The minimum absolute atomic E-state index is 0.129. The van der Waals surface area contributed by atoms with E-state index in [2.05, 4.69) is 27.1 Å². The Morgan fingerprint density at radius 3 is 2.67 bits per heavy atom. The summed E-state index contributed by atoms with van der Waals surface area (Å²) < 4.78 is 11.1. The van der Waals surface area contributed by atoms with E-state index in [9.17, 15) is 4.79 Å². The van der Waals surface area contributed by atoms with Gasteiger partial charge in [0.25, 0.3) is 5.91 Å². The first-order chi connectivity index (χ1) is 14.5. The van der Waals surface area contributed by atoms with Gasteiger partial charge in [-0.1, -0.05) is 12.1 Å². The zero-order valence-corrected chi connectivity index (χ0v) is 18.3. The summed E-state index contributed by atoms with van der Waals surface area (Å²) in [6.45, 7) is 9.28. The highest BCUT2D eigenvalue weighted by molar-refractivity contribution is 7.11. The normalized spacial score (nSPS) is 14.3. The lowest BCUT2D eigenvalue weighted by Crippen LogP contribution is -2.37. The number of anilines is 1. The fourth-order valence-corrected chi connectivity index (χ4v) is 4.19. The number of carbonyl (C=O) groups excluding carboxylic acids is 1. The van der Waals surface area contributed by atoms with Crippen molar-refractivity contribution in [2.24, 2.45) is 0 Å². The van der Waals surface area contributed by atoms with Crippen LogP contribution >= 0.6 is 11.3 Å². The maximum Gasteiger partial charge on any atom is 0.289 e. The van der Waals surface area contributed by atoms with Crippen LogP contribution < -0.4 is 15.0 Å². The van der Waals surface area contributed by atoms with E-state index in [0.29, 0.717) is 19.8 Å². The molecule has 0 bridgehead atoms. The lowest BCUT2D eigenvalue weighted by Gasteiger charge is -2.28. The van der Waals surface area contributed by atoms with Crippen molar-refractivity contribution < 1.29 is 14.3 Å². The van der Waals surface area contributed by atoms with E-state index in [4.69, 9.17) is 9.47 Å². The molecule has 0 aliphatic carbocycles. The highest BCUT2D eigenvalue weighted by atomic mass is 32.1. The number of nitrogens with zero attached hydrogens (tertiary/aromatic N) is 3. The van der Waals surface area contributed by atoms with Crippen molar-refractivity contribution in [3.8, 4) is 5.75 Å². The number of aryl methyl sites for hydroxylation is 1. The first kappa shape index (κ1) is 20.6. The van der Waals surface area contributed by atoms with Crippen molar-refractivity contribution in [1.82, 2.24) is 15.3 Å². The molecule has 3 aromatic rings. The third-order valence-corrected chi connectivity index (χ3v) is 5.78. The van der Waals surface area contributed by atoms with Gasteiger partial charge in [-0.2, -0.15) is 0 Å². The fourth-order valence-electron chi connectivity index (χ4n) is 3.42. The summed E-state index contributed by atoms with van der Waals surface area (Å²) in [7, 11) is 0. The summed E-state index contributed by atoms with van der Waals surface area (Å²) in [6.07, 6.45) is 0.129. The van der Waals surface area contributed by atoms with Gasteiger partial charge in [0.05, 0.1) is 30.2 Å². The van der Waals surface area contributed by atoms with E-state index in [1.807, 2.05) is 43.5 Å². The summed E-state index contributed by atoms with van der Waals surface area (Å²) in [5.41, 5.74) is 1.80. The molecule has 0 atom stereocenters. The molecular formula is C22H26N4O3S. The topological polar surface area (TPSA) is 76.6 Å². The van der Waals surface area contributed by atoms with E-state index in [-0.39, 0.29) is 17.8 Å². The molecule has 0 saturated carbocycles. The molecular weight excluding hydrogens is 400 g/mol. The molecule has 1 aliphatic heterocycles. The van der Waals surface area contributed by atoms with Gasteiger partial charge in [0.1, 0.15) is 11.6 Å². The van der Waals surface area contributed by atoms with Gasteiger partial charge < -0.3 is 19.7 Å². The van der Waals surface area contributed by atoms with Crippen LogP contribution in [0.1, 0.15) is 34.9 Å². The summed E-state index contributed by atoms with van der Waals surface area (Å²) in [4.78, 5) is 25.3. The van der Waals surface area contributed by atoms with E-state index in [1.165, 1.54) is 0 Å².